The average Bonchev–Trinajstić information content (AvgIpc) is 2.97. The molecule has 1 atom stereocenters. The van der Waals surface area contributed by atoms with Crippen LogP contribution in [0.2, 0.25) is 0 Å². The Hall–Kier alpha value is -2.36. The van der Waals surface area contributed by atoms with Gasteiger partial charge < -0.3 is 9.88 Å². The van der Waals surface area contributed by atoms with Crippen LogP contribution < -0.4 is 5.32 Å². The van der Waals surface area contributed by atoms with E-state index in [0.29, 0.717) is 6.42 Å². The van der Waals surface area contributed by atoms with Gasteiger partial charge in [0.15, 0.2) is 0 Å². The molecule has 0 saturated heterocycles. The SMILES string of the molecule is C=Cc1cccc(-c2nccn2[C@H](CC)C(=O)NC)c1. The maximum Gasteiger partial charge on any atom is 0.242 e. The Morgan fingerprint density at radius 2 is 2.35 bits per heavy atom. The van der Waals surface area contributed by atoms with Gasteiger partial charge in [-0.1, -0.05) is 37.8 Å². The molecule has 1 heterocycles. The van der Waals surface area contributed by atoms with Crippen molar-refractivity contribution in [3.05, 3.63) is 48.8 Å². The van der Waals surface area contributed by atoms with Gasteiger partial charge in [0.05, 0.1) is 0 Å². The smallest absolute Gasteiger partial charge is 0.242 e. The number of carbonyl (C=O) groups is 1. The normalized spacial score (nSPS) is 11.9. The van der Waals surface area contributed by atoms with Crippen molar-refractivity contribution < 1.29 is 4.79 Å². The summed E-state index contributed by atoms with van der Waals surface area (Å²) in [5, 5.41) is 2.70. The van der Waals surface area contributed by atoms with E-state index in [0.717, 1.165) is 17.0 Å². The van der Waals surface area contributed by atoms with Gasteiger partial charge in [0, 0.05) is 25.0 Å². The van der Waals surface area contributed by atoms with E-state index in [1.807, 2.05) is 42.0 Å². The first-order valence-corrected chi connectivity index (χ1v) is 6.68. The number of nitrogens with zero attached hydrogens (tertiary/aromatic N) is 2. The van der Waals surface area contributed by atoms with E-state index >= 15 is 0 Å². The van der Waals surface area contributed by atoms with Crippen LogP contribution in [0.5, 0.6) is 0 Å². The number of hydrogen-bond acceptors (Lipinski definition) is 2. The first kappa shape index (κ1) is 14.1. The van der Waals surface area contributed by atoms with Crippen molar-refractivity contribution in [1.29, 1.82) is 0 Å². The molecule has 0 spiro atoms. The molecule has 2 rings (SSSR count). The van der Waals surface area contributed by atoms with Crippen LogP contribution in [-0.2, 0) is 4.79 Å². The predicted octanol–water partition coefficient (Wildman–Crippen LogP) is 2.89. The molecular formula is C16H19N3O. The molecular weight excluding hydrogens is 250 g/mol. The number of hydrogen-bond donors (Lipinski definition) is 1. The molecule has 0 aliphatic heterocycles. The van der Waals surface area contributed by atoms with Crippen molar-refractivity contribution in [1.82, 2.24) is 14.9 Å². The molecule has 1 aromatic heterocycles. The van der Waals surface area contributed by atoms with Gasteiger partial charge in [-0.25, -0.2) is 4.98 Å². The van der Waals surface area contributed by atoms with E-state index in [1.165, 1.54) is 0 Å². The second-order valence-corrected chi connectivity index (χ2v) is 4.53. The minimum atomic E-state index is -0.245. The lowest BCUT2D eigenvalue weighted by molar-refractivity contribution is -0.123. The summed E-state index contributed by atoms with van der Waals surface area (Å²) in [5.74, 6) is 0.788. The molecule has 4 nitrogen and oxygen atoms in total. The molecule has 0 saturated carbocycles. The third-order valence-electron chi connectivity index (χ3n) is 3.32. The number of likely N-dealkylation sites (N-methyl/N-ethyl adjacent to an activating group) is 1. The van der Waals surface area contributed by atoms with E-state index in [1.54, 1.807) is 19.3 Å². The fourth-order valence-electron chi connectivity index (χ4n) is 2.27. The zero-order valence-corrected chi connectivity index (χ0v) is 11.8. The second kappa shape index (κ2) is 6.19. The summed E-state index contributed by atoms with van der Waals surface area (Å²) in [5.41, 5.74) is 2.01. The maximum atomic E-state index is 12.0. The van der Waals surface area contributed by atoms with Gasteiger partial charge in [-0.2, -0.15) is 0 Å². The molecule has 0 fully saturated rings. The van der Waals surface area contributed by atoms with Gasteiger partial charge in [0.2, 0.25) is 5.91 Å². The van der Waals surface area contributed by atoms with E-state index in [4.69, 9.17) is 0 Å². The van der Waals surface area contributed by atoms with Crippen LogP contribution >= 0.6 is 0 Å². The fraction of sp³-hybridized carbons (Fsp3) is 0.250. The third-order valence-corrected chi connectivity index (χ3v) is 3.32. The lowest BCUT2D eigenvalue weighted by Gasteiger charge is -2.18. The zero-order valence-electron chi connectivity index (χ0n) is 11.8. The Kier molecular flexibility index (Phi) is 4.35. The van der Waals surface area contributed by atoms with Crippen LogP contribution in [0, 0.1) is 0 Å². The van der Waals surface area contributed by atoms with Crippen LogP contribution in [0.15, 0.2) is 43.2 Å². The Labute approximate surface area is 119 Å². The minimum absolute atomic E-state index is 0.00775. The predicted molar refractivity (Wildman–Crippen MR) is 81.1 cm³/mol. The van der Waals surface area contributed by atoms with E-state index in [2.05, 4.69) is 16.9 Å². The van der Waals surface area contributed by atoms with E-state index < -0.39 is 0 Å². The van der Waals surface area contributed by atoms with Gasteiger partial charge in [-0.05, 0) is 18.1 Å². The van der Waals surface area contributed by atoms with Crippen LogP contribution in [-0.4, -0.2) is 22.5 Å². The zero-order chi connectivity index (χ0) is 14.5. The highest BCUT2D eigenvalue weighted by atomic mass is 16.2. The van der Waals surface area contributed by atoms with Crippen molar-refractivity contribution in [2.75, 3.05) is 7.05 Å². The highest BCUT2D eigenvalue weighted by Crippen LogP contribution is 2.24. The molecule has 0 bridgehead atoms. The quantitative estimate of drug-likeness (QED) is 0.907. The van der Waals surface area contributed by atoms with Crippen LogP contribution in [0.1, 0.15) is 24.9 Å². The summed E-state index contributed by atoms with van der Waals surface area (Å²) in [7, 11) is 1.65. The Balaban J connectivity index is 2.46. The first-order valence-electron chi connectivity index (χ1n) is 6.68. The van der Waals surface area contributed by atoms with Crippen molar-refractivity contribution in [2.45, 2.75) is 19.4 Å². The molecule has 1 aromatic carbocycles. The summed E-state index contributed by atoms with van der Waals surface area (Å²) < 4.78 is 1.92. The molecule has 0 aliphatic rings. The summed E-state index contributed by atoms with van der Waals surface area (Å²) in [6, 6.07) is 7.71. The first-order chi connectivity index (χ1) is 9.71. The standard InChI is InChI=1S/C16H19N3O/c1-4-12-7-6-8-13(11-12)15-18-9-10-19(15)14(5-2)16(20)17-3/h4,6-11,14H,1,5H2,2-3H3,(H,17,20)/t14-/m1/s1. The van der Waals surface area contributed by atoms with Crippen LogP contribution in [0.3, 0.4) is 0 Å². The van der Waals surface area contributed by atoms with Crippen molar-refractivity contribution in [3.63, 3.8) is 0 Å². The van der Waals surface area contributed by atoms with Crippen molar-refractivity contribution >= 4 is 12.0 Å². The summed E-state index contributed by atoms with van der Waals surface area (Å²) in [6.45, 7) is 5.77. The molecule has 104 valence electrons. The molecule has 1 amide bonds. The number of benzene rings is 1. The van der Waals surface area contributed by atoms with Gasteiger partial charge in [0.1, 0.15) is 11.9 Å². The van der Waals surface area contributed by atoms with Crippen molar-refractivity contribution in [2.24, 2.45) is 0 Å². The third kappa shape index (κ3) is 2.64. The van der Waals surface area contributed by atoms with Gasteiger partial charge >= 0.3 is 0 Å². The Morgan fingerprint density at radius 1 is 1.55 bits per heavy atom. The molecule has 4 heteroatoms. The number of imidazole rings is 1. The van der Waals surface area contributed by atoms with Gasteiger partial charge in [0.25, 0.3) is 0 Å². The van der Waals surface area contributed by atoms with E-state index in [9.17, 15) is 4.79 Å². The van der Waals surface area contributed by atoms with Crippen LogP contribution in [0.4, 0.5) is 0 Å². The van der Waals surface area contributed by atoms with E-state index in [-0.39, 0.29) is 11.9 Å². The van der Waals surface area contributed by atoms with Gasteiger partial charge in [-0.15, -0.1) is 0 Å². The monoisotopic (exact) mass is 269 g/mol. The molecule has 0 radical (unpaired) electrons. The average molecular weight is 269 g/mol. The number of aromatic nitrogens is 2. The van der Waals surface area contributed by atoms with Crippen molar-refractivity contribution in [3.8, 4) is 11.4 Å². The summed E-state index contributed by atoms with van der Waals surface area (Å²) >= 11 is 0. The summed E-state index contributed by atoms with van der Waals surface area (Å²) in [4.78, 5) is 16.4. The lowest BCUT2D eigenvalue weighted by Crippen LogP contribution is -2.29. The number of amides is 1. The maximum absolute atomic E-state index is 12.0. The molecule has 0 unspecified atom stereocenters. The highest BCUT2D eigenvalue weighted by molar-refractivity contribution is 5.80. The largest absolute Gasteiger partial charge is 0.357 e. The number of carbonyl (C=O) groups excluding carboxylic acids is 1. The summed E-state index contributed by atoms with van der Waals surface area (Å²) in [6.07, 6.45) is 6.08. The Bertz CT molecular complexity index is 616. The van der Waals surface area contributed by atoms with Crippen LogP contribution in [0.25, 0.3) is 17.5 Å². The second-order valence-electron chi connectivity index (χ2n) is 4.53. The topological polar surface area (TPSA) is 46.9 Å². The molecule has 2 aromatic rings. The fourth-order valence-corrected chi connectivity index (χ4v) is 2.27. The lowest BCUT2D eigenvalue weighted by atomic mass is 10.1. The minimum Gasteiger partial charge on any atom is -0.357 e. The number of rotatable bonds is 5. The molecule has 0 aliphatic carbocycles. The number of nitrogens with one attached hydrogen (secondary N) is 1. The Morgan fingerprint density at radius 3 is 3.00 bits per heavy atom. The molecule has 1 N–H and O–H groups in total. The van der Waals surface area contributed by atoms with Gasteiger partial charge in [-0.3, -0.25) is 4.79 Å². The molecule has 20 heavy (non-hydrogen) atoms. The highest BCUT2D eigenvalue weighted by Gasteiger charge is 2.20.